The lowest BCUT2D eigenvalue weighted by atomic mass is 10.1. The van der Waals surface area contributed by atoms with E-state index in [1.54, 1.807) is 7.11 Å². The summed E-state index contributed by atoms with van der Waals surface area (Å²) in [5.74, 6) is 0. The highest BCUT2D eigenvalue weighted by Crippen LogP contribution is 2.11. The van der Waals surface area contributed by atoms with Gasteiger partial charge in [0, 0.05) is 7.11 Å². The molecule has 1 atom stereocenters. The quantitative estimate of drug-likeness (QED) is 0.733. The zero-order chi connectivity index (χ0) is 10.4. The molecule has 14 heavy (non-hydrogen) atoms. The standard InChI is InChI=1S/C10H14N2OS/c1-13-7-9(12-10(11)14)8-5-3-2-4-6-8/h2-6,9H,7H2,1H3,(H3,11,12,14). The Morgan fingerprint density at radius 1 is 1.50 bits per heavy atom. The summed E-state index contributed by atoms with van der Waals surface area (Å²) in [4.78, 5) is 0. The van der Waals surface area contributed by atoms with Crippen molar-refractivity contribution >= 4 is 17.3 Å². The molecule has 1 unspecified atom stereocenters. The average molecular weight is 210 g/mol. The number of hydrogen-bond donors (Lipinski definition) is 2. The third-order valence-electron chi connectivity index (χ3n) is 1.85. The third-order valence-corrected chi connectivity index (χ3v) is 1.97. The van der Waals surface area contributed by atoms with E-state index in [2.05, 4.69) is 5.32 Å². The molecular weight excluding hydrogens is 196 g/mol. The molecule has 0 spiro atoms. The van der Waals surface area contributed by atoms with Gasteiger partial charge in [-0.05, 0) is 17.8 Å². The monoisotopic (exact) mass is 210 g/mol. The fraction of sp³-hybridized carbons (Fsp3) is 0.300. The van der Waals surface area contributed by atoms with Crippen LogP contribution in [0.3, 0.4) is 0 Å². The molecule has 0 heterocycles. The van der Waals surface area contributed by atoms with Crippen molar-refractivity contribution in [2.75, 3.05) is 13.7 Å². The van der Waals surface area contributed by atoms with Crippen LogP contribution in [0.1, 0.15) is 11.6 Å². The SMILES string of the molecule is COCC(NC(N)=S)c1ccccc1. The highest BCUT2D eigenvalue weighted by atomic mass is 32.1. The molecular formula is C10H14N2OS. The highest BCUT2D eigenvalue weighted by molar-refractivity contribution is 7.80. The summed E-state index contributed by atoms with van der Waals surface area (Å²) in [5, 5.41) is 3.27. The number of thiocarbonyl (C=S) groups is 1. The van der Waals surface area contributed by atoms with Gasteiger partial charge in [-0.25, -0.2) is 0 Å². The average Bonchev–Trinajstić information content (AvgIpc) is 2.18. The Balaban J connectivity index is 2.72. The number of benzene rings is 1. The van der Waals surface area contributed by atoms with Crippen molar-refractivity contribution in [3.8, 4) is 0 Å². The maximum absolute atomic E-state index is 5.43. The molecule has 0 saturated carbocycles. The first kappa shape index (κ1) is 10.9. The van der Waals surface area contributed by atoms with Gasteiger partial charge < -0.3 is 15.8 Å². The van der Waals surface area contributed by atoms with E-state index >= 15 is 0 Å². The molecule has 4 heteroatoms. The van der Waals surface area contributed by atoms with E-state index in [0.717, 1.165) is 5.56 Å². The molecule has 1 rings (SSSR count). The van der Waals surface area contributed by atoms with Crippen molar-refractivity contribution < 1.29 is 4.74 Å². The molecule has 0 aromatic heterocycles. The molecule has 1 aromatic carbocycles. The number of nitrogens with one attached hydrogen (secondary N) is 1. The predicted octanol–water partition coefficient (Wildman–Crippen LogP) is 1.21. The van der Waals surface area contributed by atoms with Crippen molar-refractivity contribution in [1.29, 1.82) is 0 Å². The minimum absolute atomic E-state index is 0.0266. The second-order valence-corrected chi connectivity index (χ2v) is 3.37. The van der Waals surface area contributed by atoms with Gasteiger partial charge in [-0.2, -0.15) is 0 Å². The van der Waals surface area contributed by atoms with E-state index in [1.807, 2.05) is 30.3 Å². The van der Waals surface area contributed by atoms with Gasteiger partial charge >= 0.3 is 0 Å². The van der Waals surface area contributed by atoms with E-state index in [9.17, 15) is 0 Å². The minimum Gasteiger partial charge on any atom is -0.382 e. The number of methoxy groups -OCH3 is 1. The van der Waals surface area contributed by atoms with Gasteiger partial charge in [-0.15, -0.1) is 0 Å². The van der Waals surface area contributed by atoms with Gasteiger partial charge in [0.25, 0.3) is 0 Å². The Bertz CT molecular complexity index is 289. The van der Waals surface area contributed by atoms with E-state index < -0.39 is 0 Å². The lowest BCUT2D eigenvalue weighted by Gasteiger charge is -2.18. The fourth-order valence-corrected chi connectivity index (χ4v) is 1.39. The van der Waals surface area contributed by atoms with Gasteiger partial charge in [-0.3, -0.25) is 0 Å². The van der Waals surface area contributed by atoms with Crippen LogP contribution in [0.2, 0.25) is 0 Å². The number of ether oxygens (including phenoxy) is 1. The molecule has 3 N–H and O–H groups in total. The van der Waals surface area contributed by atoms with Gasteiger partial charge in [0.05, 0.1) is 12.6 Å². The van der Waals surface area contributed by atoms with Crippen LogP contribution < -0.4 is 11.1 Å². The van der Waals surface area contributed by atoms with Crippen LogP contribution >= 0.6 is 12.2 Å². The number of nitrogens with two attached hydrogens (primary N) is 1. The van der Waals surface area contributed by atoms with Gasteiger partial charge in [0.15, 0.2) is 5.11 Å². The molecule has 76 valence electrons. The Morgan fingerprint density at radius 3 is 2.64 bits per heavy atom. The van der Waals surface area contributed by atoms with Crippen molar-refractivity contribution in [1.82, 2.24) is 5.32 Å². The summed E-state index contributed by atoms with van der Waals surface area (Å²) in [5.41, 5.74) is 6.54. The first-order valence-electron chi connectivity index (χ1n) is 4.34. The van der Waals surface area contributed by atoms with Crippen LogP contribution in [-0.4, -0.2) is 18.8 Å². The first-order valence-corrected chi connectivity index (χ1v) is 4.74. The molecule has 0 radical (unpaired) electrons. The molecule has 0 fully saturated rings. The molecule has 3 nitrogen and oxygen atoms in total. The molecule has 0 aliphatic rings. The van der Waals surface area contributed by atoms with E-state index in [1.165, 1.54) is 0 Å². The third kappa shape index (κ3) is 3.32. The lowest BCUT2D eigenvalue weighted by Crippen LogP contribution is -2.35. The summed E-state index contributed by atoms with van der Waals surface area (Å²) in [6.45, 7) is 0.543. The highest BCUT2D eigenvalue weighted by Gasteiger charge is 2.10. The maximum Gasteiger partial charge on any atom is 0.164 e. The molecule has 0 aliphatic heterocycles. The Hall–Kier alpha value is -1.13. The molecule has 0 bridgehead atoms. The zero-order valence-electron chi connectivity index (χ0n) is 8.07. The normalized spacial score (nSPS) is 12.1. The summed E-state index contributed by atoms with van der Waals surface area (Å²) in [6.07, 6.45) is 0. The number of hydrogen-bond acceptors (Lipinski definition) is 2. The lowest BCUT2D eigenvalue weighted by molar-refractivity contribution is 0.174. The topological polar surface area (TPSA) is 47.3 Å². The minimum atomic E-state index is 0.0266. The van der Waals surface area contributed by atoms with Gasteiger partial charge in [0.2, 0.25) is 0 Å². The zero-order valence-corrected chi connectivity index (χ0v) is 8.88. The van der Waals surface area contributed by atoms with Gasteiger partial charge in [0.1, 0.15) is 0 Å². The second-order valence-electron chi connectivity index (χ2n) is 2.93. The molecule has 0 aliphatic carbocycles. The Labute approximate surface area is 89.3 Å². The van der Waals surface area contributed by atoms with Crippen LogP contribution in [0.15, 0.2) is 30.3 Å². The van der Waals surface area contributed by atoms with Crippen LogP contribution in [0.25, 0.3) is 0 Å². The molecule has 1 aromatic rings. The Kier molecular flexibility index (Phi) is 4.35. The summed E-state index contributed by atoms with van der Waals surface area (Å²) in [7, 11) is 1.65. The second kappa shape index (κ2) is 5.57. The Morgan fingerprint density at radius 2 is 2.14 bits per heavy atom. The molecule has 0 saturated heterocycles. The molecule has 0 amide bonds. The fourth-order valence-electron chi connectivity index (χ4n) is 1.24. The summed E-state index contributed by atoms with van der Waals surface area (Å²) >= 11 is 4.80. The van der Waals surface area contributed by atoms with Crippen molar-refractivity contribution in [2.24, 2.45) is 5.73 Å². The van der Waals surface area contributed by atoms with E-state index in [-0.39, 0.29) is 11.2 Å². The number of rotatable bonds is 4. The predicted molar refractivity (Wildman–Crippen MR) is 61.0 cm³/mol. The smallest absolute Gasteiger partial charge is 0.164 e. The largest absolute Gasteiger partial charge is 0.382 e. The van der Waals surface area contributed by atoms with Crippen LogP contribution in [0.4, 0.5) is 0 Å². The van der Waals surface area contributed by atoms with Crippen LogP contribution in [0, 0.1) is 0 Å². The van der Waals surface area contributed by atoms with Crippen LogP contribution in [-0.2, 0) is 4.74 Å². The first-order chi connectivity index (χ1) is 6.74. The van der Waals surface area contributed by atoms with E-state index in [0.29, 0.717) is 6.61 Å². The van der Waals surface area contributed by atoms with Crippen LogP contribution in [0.5, 0.6) is 0 Å². The van der Waals surface area contributed by atoms with Crippen molar-refractivity contribution in [3.05, 3.63) is 35.9 Å². The summed E-state index contributed by atoms with van der Waals surface area (Å²) < 4.78 is 5.08. The summed E-state index contributed by atoms with van der Waals surface area (Å²) in [6, 6.07) is 9.95. The van der Waals surface area contributed by atoms with Crippen molar-refractivity contribution in [2.45, 2.75) is 6.04 Å². The van der Waals surface area contributed by atoms with Crippen molar-refractivity contribution in [3.63, 3.8) is 0 Å². The maximum atomic E-state index is 5.43. The van der Waals surface area contributed by atoms with Gasteiger partial charge in [-0.1, -0.05) is 30.3 Å². The van der Waals surface area contributed by atoms with E-state index in [4.69, 9.17) is 22.7 Å².